The molecule has 0 saturated heterocycles. The van der Waals surface area contributed by atoms with Crippen LogP contribution in [0.5, 0.6) is 11.5 Å². The fraction of sp³-hybridized carbons (Fsp3) is 0.217. The lowest BCUT2D eigenvalue weighted by Gasteiger charge is -2.40. The molecular formula is C23H20N4O5S. The van der Waals surface area contributed by atoms with Crippen molar-refractivity contribution >= 4 is 39.9 Å². The largest absolute Gasteiger partial charge is 0.493 e. The molecular weight excluding hydrogens is 444 g/mol. The summed E-state index contributed by atoms with van der Waals surface area (Å²) in [6.07, 6.45) is 0.961. The maximum Gasteiger partial charge on any atom is 0.264 e. The summed E-state index contributed by atoms with van der Waals surface area (Å²) in [5.41, 5.74) is 1.91. The van der Waals surface area contributed by atoms with Crippen LogP contribution in [0.2, 0.25) is 0 Å². The van der Waals surface area contributed by atoms with Crippen LogP contribution in [0.25, 0.3) is 0 Å². The molecule has 0 unspecified atom stereocenters. The van der Waals surface area contributed by atoms with Gasteiger partial charge in [0.15, 0.2) is 16.6 Å². The van der Waals surface area contributed by atoms with Gasteiger partial charge in [0.2, 0.25) is 5.91 Å². The molecule has 5 rings (SSSR count). The Labute approximate surface area is 193 Å². The van der Waals surface area contributed by atoms with Crippen molar-refractivity contribution in [1.29, 1.82) is 0 Å². The second-order valence-electron chi connectivity index (χ2n) is 7.47. The Kier molecular flexibility index (Phi) is 5.21. The molecule has 10 heteroatoms. The smallest absolute Gasteiger partial charge is 0.264 e. The van der Waals surface area contributed by atoms with E-state index in [0.717, 1.165) is 0 Å². The van der Waals surface area contributed by atoms with E-state index < -0.39 is 6.17 Å². The number of hydrogen-bond acceptors (Lipinski definition) is 7. The minimum Gasteiger partial charge on any atom is -0.493 e. The highest BCUT2D eigenvalue weighted by Crippen LogP contribution is 2.49. The number of nitrogens with one attached hydrogen (secondary N) is 1. The third-order valence-corrected chi connectivity index (χ3v) is 6.43. The highest BCUT2D eigenvalue weighted by Gasteiger charge is 2.49. The maximum atomic E-state index is 13.6. The number of amides is 3. The van der Waals surface area contributed by atoms with Crippen LogP contribution in [0, 0.1) is 0 Å². The number of ether oxygens (including phenoxy) is 2. The summed E-state index contributed by atoms with van der Waals surface area (Å²) in [4.78, 5) is 46.8. The quantitative estimate of drug-likeness (QED) is 0.601. The van der Waals surface area contributed by atoms with E-state index in [1.54, 1.807) is 57.8 Å². The molecule has 168 valence electrons. The molecule has 2 aliphatic rings. The van der Waals surface area contributed by atoms with Crippen LogP contribution >= 0.6 is 11.3 Å². The Morgan fingerprint density at radius 3 is 2.67 bits per heavy atom. The zero-order valence-corrected chi connectivity index (χ0v) is 18.7. The van der Waals surface area contributed by atoms with Crippen molar-refractivity contribution in [1.82, 2.24) is 9.88 Å². The van der Waals surface area contributed by atoms with Gasteiger partial charge >= 0.3 is 0 Å². The first-order chi connectivity index (χ1) is 16.0. The molecule has 33 heavy (non-hydrogen) atoms. The van der Waals surface area contributed by atoms with Crippen LogP contribution < -0.4 is 19.7 Å². The van der Waals surface area contributed by atoms with Gasteiger partial charge < -0.3 is 19.7 Å². The Bertz CT molecular complexity index is 1260. The number of thiazole rings is 1. The van der Waals surface area contributed by atoms with Crippen LogP contribution in [0.1, 0.15) is 38.9 Å². The molecule has 3 aromatic rings. The molecule has 0 radical (unpaired) electrons. The third-order valence-electron chi connectivity index (χ3n) is 5.74. The lowest BCUT2D eigenvalue weighted by atomic mass is 10.0. The van der Waals surface area contributed by atoms with E-state index in [0.29, 0.717) is 39.0 Å². The van der Waals surface area contributed by atoms with Gasteiger partial charge in [-0.1, -0.05) is 18.2 Å². The van der Waals surface area contributed by atoms with Gasteiger partial charge in [-0.05, 0) is 18.2 Å². The van der Waals surface area contributed by atoms with E-state index in [1.165, 1.54) is 25.6 Å². The van der Waals surface area contributed by atoms with Gasteiger partial charge in [-0.15, -0.1) is 11.3 Å². The first-order valence-corrected chi connectivity index (χ1v) is 11.1. The molecule has 0 spiro atoms. The third kappa shape index (κ3) is 3.30. The van der Waals surface area contributed by atoms with Gasteiger partial charge in [-0.3, -0.25) is 19.3 Å². The van der Waals surface area contributed by atoms with Gasteiger partial charge in [0.25, 0.3) is 11.8 Å². The summed E-state index contributed by atoms with van der Waals surface area (Å²) < 4.78 is 10.9. The van der Waals surface area contributed by atoms with E-state index in [1.807, 2.05) is 0 Å². The van der Waals surface area contributed by atoms with Crippen LogP contribution in [-0.4, -0.2) is 48.4 Å². The zero-order chi connectivity index (χ0) is 23.1. The molecule has 0 bridgehead atoms. The number of benzene rings is 2. The van der Waals surface area contributed by atoms with Gasteiger partial charge in [0.05, 0.1) is 31.0 Å². The van der Waals surface area contributed by atoms with Gasteiger partial charge in [0.1, 0.15) is 6.17 Å². The molecule has 1 atom stereocenters. The molecule has 3 amide bonds. The Balaban J connectivity index is 1.55. The van der Waals surface area contributed by atoms with E-state index in [4.69, 9.17) is 9.47 Å². The van der Waals surface area contributed by atoms with E-state index in [2.05, 4.69) is 10.3 Å². The number of anilines is 2. The highest BCUT2D eigenvalue weighted by atomic mass is 32.1. The molecule has 1 N–H and O–H groups in total. The normalized spacial score (nSPS) is 16.2. The molecule has 9 nitrogen and oxygen atoms in total. The number of para-hydroxylation sites is 1. The Morgan fingerprint density at radius 2 is 1.94 bits per heavy atom. The number of aromatic nitrogens is 1. The maximum absolute atomic E-state index is 13.6. The predicted molar refractivity (Wildman–Crippen MR) is 122 cm³/mol. The summed E-state index contributed by atoms with van der Waals surface area (Å²) >= 11 is 1.32. The lowest BCUT2D eigenvalue weighted by Crippen LogP contribution is -2.49. The van der Waals surface area contributed by atoms with Crippen molar-refractivity contribution < 1.29 is 23.9 Å². The molecule has 2 aromatic carbocycles. The Morgan fingerprint density at radius 1 is 1.12 bits per heavy atom. The van der Waals surface area contributed by atoms with Crippen molar-refractivity contribution in [2.45, 2.75) is 12.6 Å². The number of fused-ring (bicyclic) bond motifs is 5. The molecule has 1 aromatic heterocycles. The topological polar surface area (TPSA) is 101 Å². The van der Waals surface area contributed by atoms with Gasteiger partial charge in [-0.2, -0.15) is 0 Å². The fourth-order valence-corrected chi connectivity index (χ4v) is 4.89. The number of hydrogen-bond donors (Lipinski definition) is 1. The zero-order valence-electron chi connectivity index (χ0n) is 17.9. The van der Waals surface area contributed by atoms with Crippen LogP contribution in [-0.2, 0) is 4.79 Å². The number of nitrogens with zero attached hydrogens (tertiary/aromatic N) is 3. The first kappa shape index (κ1) is 21.0. The number of carbonyl (C=O) groups excluding carboxylic acids is 3. The minimum absolute atomic E-state index is 0.0502. The summed E-state index contributed by atoms with van der Waals surface area (Å²) in [5, 5.41) is 4.99. The van der Waals surface area contributed by atoms with Gasteiger partial charge in [0, 0.05) is 30.1 Å². The van der Waals surface area contributed by atoms with Crippen LogP contribution in [0.3, 0.4) is 0 Å². The van der Waals surface area contributed by atoms with Crippen molar-refractivity contribution in [2.24, 2.45) is 0 Å². The summed E-state index contributed by atoms with van der Waals surface area (Å²) in [6, 6.07) is 10.5. The first-order valence-electron chi connectivity index (χ1n) is 10.2. The van der Waals surface area contributed by atoms with E-state index >= 15 is 0 Å². The molecule has 3 heterocycles. The summed E-state index contributed by atoms with van der Waals surface area (Å²) in [5.74, 6) is -0.0495. The molecule has 0 saturated carbocycles. The molecule has 2 aliphatic heterocycles. The average molecular weight is 465 g/mol. The molecule has 0 fully saturated rings. The van der Waals surface area contributed by atoms with Crippen molar-refractivity contribution in [2.75, 3.05) is 31.0 Å². The second-order valence-corrected chi connectivity index (χ2v) is 8.36. The van der Waals surface area contributed by atoms with E-state index in [-0.39, 0.29) is 30.7 Å². The number of carbonyl (C=O) groups is 3. The average Bonchev–Trinajstić information content (AvgIpc) is 3.44. The number of rotatable bonds is 6. The second kappa shape index (κ2) is 8.21. The lowest BCUT2D eigenvalue weighted by molar-refractivity contribution is -0.116. The molecule has 0 aliphatic carbocycles. The fourth-order valence-electron chi connectivity index (χ4n) is 4.34. The van der Waals surface area contributed by atoms with Crippen molar-refractivity contribution in [3.63, 3.8) is 0 Å². The van der Waals surface area contributed by atoms with E-state index in [9.17, 15) is 14.4 Å². The van der Waals surface area contributed by atoms with Crippen LogP contribution in [0.4, 0.5) is 10.8 Å². The minimum atomic E-state index is -0.692. The SMILES string of the molecule is COc1ccc2c(c1OC)C(=O)N1c3ccccc3C(=O)N(CCC(=O)Nc3nccs3)[C@H]21. The summed E-state index contributed by atoms with van der Waals surface area (Å²) in [6.45, 7) is 0.118. The van der Waals surface area contributed by atoms with Crippen molar-refractivity contribution in [3.8, 4) is 11.5 Å². The van der Waals surface area contributed by atoms with Crippen molar-refractivity contribution in [3.05, 3.63) is 64.7 Å². The monoisotopic (exact) mass is 464 g/mol. The highest BCUT2D eigenvalue weighted by molar-refractivity contribution is 7.13. The summed E-state index contributed by atoms with van der Waals surface area (Å²) in [7, 11) is 2.98. The number of methoxy groups -OCH3 is 2. The predicted octanol–water partition coefficient (Wildman–Crippen LogP) is 3.30. The van der Waals surface area contributed by atoms with Gasteiger partial charge in [-0.25, -0.2) is 4.98 Å². The standard InChI is InChI=1S/C23H20N4O5S/c1-31-16-8-7-14-18(19(16)32-2)22(30)27-15-6-4-3-5-13(15)21(29)26(20(14)27)11-9-17(28)25-23-24-10-12-33-23/h3-8,10,12,20H,9,11H2,1-2H3,(H,24,25,28)/t20-/m0/s1. The Hall–Kier alpha value is -3.92. The van der Waals surface area contributed by atoms with Crippen LogP contribution in [0.15, 0.2) is 48.0 Å².